The molecule has 0 radical (unpaired) electrons. The van der Waals surface area contributed by atoms with Gasteiger partial charge < -0.3 is 25.0 Å². The molecule has 0 bridgehead atoms. The maximum Gasteiger partial charge on any atom is 0.318 e. The Morgan fingerprint density at radius 2 is 1.86 bits per heavy atom. The van der Waals surface area contributed by atoms with Crippen molar-refractivity contribution in [2.45, 2.75) is 81.2 Å². The van der Waals surface area contributed by atoms with E-state index >= 15 is 0 Å². The summed E-state index contributed by atoms with van der Waals surface area (Å²) in [7, 11) is -2.30. The molecule has 2 aromatic carbocycles. The normalized spacial score (nSPS) is 26.1. The molecule has 4 aliphatic rings. The fourth-order valence-corrected chi connectivity index (χ4v) is 8.29. The fraction of sp³-hybridized carbons (Fsp3) is 0.472. The quantitative estimate of drug-likeness (QED) is 0.307. The number of carbonyl (C=O) groups is 3. The van der Waals surface area contributed by atoms with Gasteiger partial charge in [0.2, 0.25) is 21.8 Å². The number of amides is 4. The van der Waals surface area contributed by atoms with Gasteiger partial charge in [-0.2, -0.15) is 4.98 Å². The van der Waals surface area contributed by atoms with Crippen LogP contribution in [0.3, 0.4) is 0 Å². The largest absolute Gasteiger partial charge is 0.496 e. The number of benzene rings is 2. The van der Waals surface area contributed by atoms with Gasteiger partial charge in [-0.1, -0.05) is 18.6 Å². The molecule has 3 aromatic rings. The van der Waals surface area contributed by atoms with Gasteiger partial charge in [-0.3, -0.25) is 14.3 Å². The number of fused-ring (bicyclic) bond motifs is 3. The summed E-state index contributed by atoms with van der Waals surface area (Å²) in [6, 6.07) is 7.85. The van der Waals surface area contributed by atoms with Crippen molar-refractivity contribution >= 4 is 38.8 Å². The highest BCUT2D eigenvalue weighted by Crippen LogP contribution is 2.46. The molecule has 3 heterocycles. The molecule has 7 rings (SSSR count). The number of allylic oxidation sites excluding steroid dienone is 1. The van der Waals surface area contributed by atoms with Gasteiger partial charge in [0, 0.05) is 30.0 Å². The Kier molecular flexibility index (Phi) is 9.33. The summed E-state index contributed by atoms with van der Waals surface area (Å²) in [5.41, 5.74) is 0.400. The smallest absolute Gasteiger partial charge is 0.318 e. The minimum Gasteiger partial charge on any atom is -0.496 e. The minimum absolute atomic E-state index is 0.0367. The monoisotopic (exact) mass is 720 g/mol. The first kappa shape index (κ1) is 34.6. The lowest BCUT2D eigenvalue weighted by molar-refractivity contribution is -0.131. The van der Waals surface area contributed by atoms with Crippen LogP contribution >= 0.6 is 0 Å². The number of aryl methyl sites for hydroxylation is 1. The molecular formula is C36H41FN6O7S. The third kappa shape index (κ3) is 7.08. The zero-order valence-corrected chi connectivity index (χ0v) is 29.3. The van der Waals surface area contributed by atoms with Gasteiger partial charge in [-0.05, 0) is 81.8 Å². The van der Waals surface area contributed by atoms with E-state index in [9.17, 15) is 27.2 Å². The molecule has 15 heteroatoms. The maximum absolute atomic E-state index is 14.1. The molecule has 0 unspecified atom stereocenters. The van der Waals surface area contributed by atoms with Crippen molar-refractivity contribution in [2.24, 2.45) is 5.92 Å². The number of urea groups is 1. The SMILES string of the molecule is COc1ccc2c(O[C@@H]3C[C@H]4C(=O)N[C@]5(C(=O)NS(=O)(=O)C6CC6)C[C@H]5/C=C/CCCCCNC(=O)N4C3)nc(-c3ccc(F)cc3)nc2c1C. The van der Waals surface area contributed by atoms with Crippen LogP contribution in [0.2, 0.25) is 0 Å². The van der Waals surface area contributed by atoms with Crippen molar-refractivity contribution < 1.29 is 36.7 Å². The number of nitrogens with one attached hydrogen (secondary N) is 3. The van der Waals surface area contributed by atoms with E-state index in [0.29, 0.717) is 47.4 Å². The molecule has 1 saturated heterocycles. The predicted octanol–water partition coefficient (Wildman–Crippen LogP) is 3.90. The van der Waals surface area contributed by atoms with Gasteiger partial charge in [0.1, 0.15) is 29.3 Å². The lowest BCUT2D eigenvalue weighted by Gasteiger charge is -2.26. The lowest BCUT2D eigenvalue weighted by atomic mass is 10.1. The predicted molar refractivity (Wildman–Crippen MR) is 186 cm³/mol. The molecule has 2 saturated carbocycles. The number of rotatable bonds is 7. The molecule has 13 nitrogen and oxygen atoms in total. The van der Waals surface area contributed by atoms with Gasteiger partial charge in [0.15, 0.2) is 5.82 Å². The van der Waals surface area contributed by atoms with Gasteiger partial charge in [-0.25, -0.2) is 22.6 Å². The molecule has 2 aliphatic carbocycles. The van der Waals surface area contributed by atoms with E-state index in [1.165, 1.54) is 17.0 Å². The summed E-state index contributed by atoms with van der Waals surface area (Å²) in [4.78, 5) is 52.1. The third-order valence-corrected chi connectivity index (χ3v) is 11.9. The van der Waals surface area contributed by atoms with E-state index in [0.717, 1.165) is 31.2 Å². The van der Waals surface area contributed by atoms with Crippen LogP contribution in [0, 0.1) is 18.7 Å². The summed E-state index contributed by atoms with van der Waals surface area (Å²) in [6.07, 6.45) is 7.69. The van der Waals surface area contributed by atoms with Crippen LogP contribution in [0.4, 0.5) is 9.18 Å². The van der Waals surface area contributed by atoms with Gasteiger partial charge in [0.05, 0.1) is 29.8 Å². The fourth-order valence-electron chi connectivity index (χ4n) is 6.93. The number of sulfonamides is 1. The molecular weight excluding hydrogens is 679 g/mol. The van der Waals surface area contributed by atoms with Crippen LogP contribution in [-0.2, 0) is 19.6 Å². The van der Waals surface area contributed by atoms with Crippen molar-refractivity contribution in [3.63, 3.8) is 0 Å². The highest BCUT2D eigenvalue weighted by Gasteiger charge is 2.62. The lowest BCUT2D eigenvalue weighted by Crippen LogP contribution is -2.57. The second-order valence-electron chi connectivity index (χ2n) is 13.7. The molecule has 270 valence electrons. The van der Waals surface area contributed by atoms with E-state index in [1.54, 1.807) is 31.4 Å². The Morgan fingerprint density at radius 1 is 1.08 bits per heavy atom. The highest BCUT2D eigenvalue weighted by molar-refractivity contribution is 7.91. The van der Waals surface area contributed by atoms with Crippen LogP contribution in [0.5, 0.6) is 11.6 Å². The molecule has 4 atom stereocenters. The molecule has 51 heavy (non-hydrogen) atoms. The Hall–Kier alpha value is -4.79. The van der Waals surface area contributed by atoms with E-state index in [-0.39, 0.29) is 25.3 Å². The number of aromatic nitrogens is 2. The third-order valence-electron chi connectivity index (χ3n) is 10.1. The van der Waals surface area contributed by atoms with Crippen molar-refractivity contribution in [1.82, 2.24) is 30.2 Å². The van der Waals surface area contributed by atoms with Crippen molar-refractivity contribution in [2.75, 3.05) is 20.2 Å². The first-order chi connectivity index (χ1) is 24.5. The Balaban J connectivity index is 1.20. The summed E-state index contributed by atoms with van der Waals surface area (Å²) in [6.45, 7) is 2.32. The summed E-state index contributed by atoms with van der Waals surface area (Å²) in [5, 5.41) is 5.76. The average molecular weight is 721 g/mol. The summed E-state index contributed by atoms with van der Waals surface area (Å²) < 4.78 is 53.5. The average Bonchev–Trinajstić information content (AvgIpc) is 4.03. The molecule has 0 spiro atoms. The second-order valence-corrected chi connectivity index (χ2v) is 15.7. The maximum atomic E-state index is 14.1. The number of ether oxygens (including phenoxy) is 2. The van der Waals surface area contributed by atoms with Crippen molar-refractivity contribution in [3.8, 4) is 23.0 Å². The van der Waals surface area contributed by atoms with E-state index in [2.05, 4.69) is 15.4 Å². The Labute approximate surface area is 295 Å². The zero-order valence-electron chi connectivity index (χ0n) is 28.5. The van der Waals surface area contributed by atoms with E-state index in [4.69, 9.17) is 19.4 Å². The van der Waals surface area contributed by atoms with Gasteiger partial charge in [0.25, 0.3) is 5.91 Å². The molecule has 4 amide bonds. The van der Waals surface area contributed by atoms with Gasteiger partial charge in [-0.15, -0.1) is 0 Å². The summed E-state index contributed by atoms with van der Waals surface area (Å²) in [5.74, 6) is -1.04. The molecule has 3 fully saturated rings. The summed E-state index contributed by atoms with van der Waals surface area (Å²) >= 11 is 0. The van der Waals surface area contributed by atoms with Crippen LogP contribution < -0.4 is 24.8 Å². The topological polar surface area (TPSA) is 169 Å². The number of nitrogens with zero attached hydrogens (tertiary/aromatic N) is 3. The van der Waals surface area contributed by atoms with Crippen LogP contribution in [0.25, 0.3) is 22.3 Å². The number of hydrogen-bond acceptors (Lipinski definition) is 9. The zero-order chi connectivity index (χ0) is 35.9. The van der Waals surface area contributed by atoms with Gasteiger partial charge >= 0.3 is 6.03 Å². The Morgan fingerprint density at radius 3 is 2.61 bits per heavy atom. The number of halogens is 1. The highest BCUT2D eigenvalue weighted by atomic mass is 32.2. The number of hydrogen-bond donors (Lipinski definition) is 3. The molecule has 3 N–H and O–H groups in total. The molecule has 1 aromatic heterocycles. The van der Waals surface area contributed by atoms with Crippen LogP contribution in [-0.4, -0.2) is 84.3 Å². The number of carbonyl (C=O) groups excluding carboxylic acids is 3. The standard InChI is InChI=1S/C36H41FN6O7S/c1-21-29(49-2)16-15-27-30(21)39-31(22-9-11-24(37)12-10-22)40-33(27)50-25-18-28-32(44)41-36(34(45)42-51(47,48)26-13-14-26)19-23(36)8-6-4-3-5-7-17-38-35(46)43(28)20-25/h6,8-12,15-16,23,25-26,28H,3-5,7,13-14,17-20H2,1-2H3,(H,38,46)(H,41,44)(H,42,45)/b8-6+/t23-,25-,28+,36-/m1/s1. The number of methoxy groups -OCH3 is 1. The first-order valence-corrected chi connectivity index (χ1v) is 18.9. The van der Waals surface area contributed by atoms with Crippen LogP contribution in [0.1, 0.15) is 56.9 Å². The van der Waals surface area contributed by atoms with Crippen molar-refractivity contribution in [3.05, 3.63) is 59.9 Å². The van der Waals surface area contributed by atoms with E-state index in [1.807, 2.05) is 19.1 Å². The minimum atomic E-state index is -3.86. The van der Waals surface area contributed by atoms with E-state index < -0.39 is 62.5 Å². The van der Waals surface area contributed by atoms with Crippen LogP contribution in [0.15, 0.2) is 48.6 Å². The molecule has 2 aliphatic heterocycles. The Bertz CT molecular complexity index is 2000. The second kappa shape index (κ2) is 13.7. The first-order valence-electron chi connectivity index (χ1n) is 17.4. The van der Waals surface area contributed by atoms with Crippen molar-refractivity contribution in [1.29, 1.82) is 0 Å².